The molecule has 0 fully saturated rings. The van der Waals surface area contributed by atoms with Crippen molar-refractivity contribution in [3.8, 4) is 0 Å². The summed E-state index contributed by atoms with van der Waals surface area (Å²) in [7, 11) is -2.18. The highest BCUT2D eigenvalue weighted by molar-refractivity contribution is 6.74. The molecule has 1 aromatic rings. The van der Waals surface area contributed by atoms with Crippen LogP contribution in [0.15, 0.2) is 6.20 Å². The van der Waals surface area contributed by atoms with Crippen molar-refractivity contribution >= 4 is 43.4 Å². The van der Waals surface area contributed by atoms with E-state index in [1.165, 1.54) is 6.20 Å². The van der Waals surface area contributed by atoms with Gasteiger partial charge in [-0.2, -0.15) is 0 Å². The Kier molecular flexibility index (Phi) is 9.33. The summed E-state index contributed by atoms with van der Waals surface area (Å²) in [5.41, 5.74) is -1.53. The summed E-state index contributed by atoms with van der Waals surface area (Å²) in [5, 5.41) is 3.09. The lowest BCUT2D eigenvalue weighted by Crippen LogP contribution is -2.54. The summed E-state index contributed by atoms with van der Waals surface area (Å²) in [6.45, 7) is 19.5. The van der Waals surface area contributed by atoms with Gasteiger partial charge in [0.2, 0.25) is 5.91 Å². The Labute approximate surface area is 203 Å². The lowest BCUT2D eigenvalue weighted by Gasteiger charge is -2.40. The molecule has 0 spiro atoms. The molecule has 182 valence electrons. The van der Waals surface area contributed by atoms with Gasteiger partial charge in [0.25, 0.3) is 0 Å². The molecule has 2 unspecified atom stereocenters. The number of carbonyl (C=O) groups excluding carboxylic acids is 2. The lowest BCUT2D eigenvalue weighted by atomic mass is 9.96. The molecule has 0 aliphatic heterocycles. The molecule has 7 nitrogen and oxygen atoms in total. The van der Waals surface area contributed by atoms with Crippen LogP contribution < -0.4 is 5.32 Å². The molecule has 0 saturated carbocycles. The van der Waals surface area contributed by atoms with Crippen LogP contribution in [0.3, 0.4) is 0 Å². The van der Waals surface area contributed by atoms with Crippen LogP contribution in [-0.4, -0.2) is 42.4 Å². The SMILES string of the molecule is CCC(C(=O)NC(C)(CO[Si](C)(C)C(C)(C)C)c1ncc(Cl)nc1Cl)C(=O)OC(C)(C)C. The molecule has 0 aliphatic rings. The second kappa shape index (κ2) is 10.4. The van der Waals surface area contributed by atoms with Crippen molar-refractivity contribution in [1.29, 1.82) is 0 Å². The maximum Gasteiger partial charge on any atom is 0.318 e. The zero-order valence-electron chi connectivity index (χ0n) is 20.9. The van der Waals surface area contributed by atoms with E-state index in [4.69, 9.17) is 32.4 Å². The Bertz CT molecular complexity index is 837. The fourth-order valence-corrected chi connectivity index (χ4v) is 4.22. The van der Waals surface area contributed by atoms with E-state index in [1.807, 2.05) is 0 Å². The average Bonchev–Trinajstić information content (AvgIpc) is 2.58. The number of aromatic nitrogens is 2. The van der Waals surface area contributed by atoms with E-state index in [-0.39, 0.29) is 28.4 Å². The Hall–Kier alpha value is -1.22. The number of rotatable bonds is 8. The fourth-order valence-electron chi connectivity index (χ4n) is 2.61. The smallest absolute Gasteiger partial charge is 0.318 e. The third kappa shape index (κ3) is 7.68. The molecule has 1 heterocycles. The van der Waals surface area contributed by atoms with Crippen molar-refractivity contribution in [2.45, 2.75) is 91.1 Å². The molecule has 1 aromatic heterocycles. The normalized spacial score (nSPS) is 15.6. The van der Waals surface area contributed by atoms with Crippen LogP contribution >= 0.6 is 23.2 Å². The Morgan fingerprint density at radius 2 is 1.69 bits per heavy atom. The van der Waals surface area contributed by atoms with Gasteiger partial charge < -0.3 is 14.5 Å². The van der Waals surface area contributed by atoms with E-state index >= 15 is 0 Å². The minimum absolute atomic E-state index is 0.0458. The van der Waals surface area contributed by atoms with Gasteiger partial charge in [-0.05, 0) is 52.2 Å². The molecule has 1 rings (SSSR count). The van der Waals surface area contributed by atoms with E-state index in [2.05, 4.69) is 49.1 Å². The standard InChI is InChI=1S/C22H37Cl2N3O4Si/c1-11-14(19(29)31-20(2,3)4)18(28)27-22(8,13-30-32(9,10)21(5,6)7)16-17(24)26-15(23)12-25-16/h12,14H,11,13H2,1-10H3,(H,27,28). The van der Waals surface area contributed by atoms with Crippen molar-refractivity contribution in [2.75, 3.05) is 6.61 Å². The first kappa shape index (κ1) is 28.8. The highest BCUT2D eigenvalue weighted by atomic mass is 35.5. The number of carbonyl (C=O) groups is 2. The van der Waals surface area contributed by atoms with Crippen molar-refractivity contribution in [3.05, 3.63) is 22.2 Å². The van der Waals surface area contributed by atoms with Crippen molar-refractivity contribution in [1.82, 2.24) is 15.3 Å². The summed E-state index contributed by atoms with van der Waals surface area (Å²) in [4.78, 5) is 34.3. The van der Waals surface area contributed by atoms with Gasteiger partial charge in [0.05, 0.1) is 12.8 Å². The molecule has 0 radical (unpaired) electrons. The largest absolute Gasteiger partial charge is 0.459 e. The second-order valence-corrected chi connectivity index (χ2v) is 16.3. The first-order valence-corrected chi connectivity index (χ1v) is 14.4. The topological polar surface area (TPSA) is 90.4 Å². The third-order valence-electron chi connectivity index (χ3n) is 5.57. The Morgan fingerprint density at radius 1 is 1.12 bits per heavy atom. The van der Waals surface area contributed by atoms with Crippen molar-refractivity contribution < 1.29 is 18.8 Å². The molecule has 10 heteroatoms. The van der Waals surface area contributed by atoms with E-state index in [0.717, 1.165) is 0 Å². The summed E-state index contributed by atoms with van der Waals surface area (Å²) in [6.07, 6.45) is 1.64. The highest BCUT2D eigenvalue weighted by Gasteiger charge is 2.43. The molecular weight excluding hydrogens is 469 g/mol. The first-order valence-electron chi connectivity index (χ1n) is 10.7. The molecule has 0 saturated heterocycles. The van der Waals surface area contributed by atoms with Gasteiger partial charge in [-0.15, -0.1) is 0 Å². The summed E-state index contributed by atoms with van der Waals surface area (Å²) < 4.78 is 11.8. The maximum atomic E-state index is 13.2. The van der Waals surface area contributed by atoms with Gasteiger partial charge in [0.15, 0.2) is 13.5 Å². The quantitative estimate of drug-likeness (QED) is 0.284. The molecular formula is C22H37Cl2N3O4Si. The Morgan fingerprint density at radius 3 is 2.12 bits per heavy atom. The number of nitrogens with zero attached hydrogens (tertiary/aromatic N) is 2. The van der Waals surface area contributed by atoms with E-state index in [0.29, 0.717) is 5.69 Å². The van der Waals surface area contributed by atoms with Crippen LogP contribution in [0.25, 0.3) is 0 Å². The average molecular weight is 507 g/mol. The highest BCUT2D eigenvalue weighted by Crippen LogP contribution is 2.38. The van der Waals surface area contributed by atoms with Gasteiger partial charge in [0, 0.05) is 0 Å². The van der Waals surface area contributed by atoms with Crippen LogP contribution in [0, 0.1) is 5.92 Å². The first-order chi connectivity index (χ1) is 14.3. The van der Waals surface area contributed by atoms with E-state index < -0.39 is 37.3 Å². The van der Waals surface area contributed by atoms with Crippen molar-refractivity contribution in [2.24, 2.45) is 5.92 Å². The fraction of sp³-hybridized carbons (Fsp3) is 0.727. The molecule has 1 N–H and O–H groups in total. The van der Waals surface area contributed by atoms with Gasteiger partial charge in [-0.1, -0.05) is 50.9 Å². The number of amides is 1. The predicted molar refractivity (Wildman–Crippen MR) is 130 cm³/mol. The molecule has 2 atom stereocenters. The van der Waals surface area contributed by atoms with Gasteiger partial charge in [0.1, 0.15) is 27.9 Å². The Balaban J connectivity index is 3.31. The van der Waals surface area contributed by atoms with E-state index in [1.54, 1.807) is 34.6 Å². The zero-order chi connectivity index (χ0) is 25.1. The van der Waals surface area contributed by atoms with Gasteiger partial charge in [-0.25, -0.2) is 4.98 Å². The number of nitrogens with one attached hydrogen (secondary N) is 1. The molecule has 32 heavy (non-hydrogen) atoms. The molecule has 0 bridgehead atoms. The number of ether oxygens (including phenoxy) is 1. The second-order valence-electron chi connectivity index (χ2n) is 10.7. The predicted octanol–water partition coefficient (Wildman–Crippen LogP) is 5.50. The monoisotopic (exact) mass is 505 g/mol. The molecule has 0 aromatic carbocycles. The van der Waals surface area contributed by atoms with Crippen LogP contribution in [0.2, 0.25) is 28.4 Å². The third-order valence-corrected chi connectivity index (χ3v) is 10.5. The summed E-state index contributed by atoms with van der Waals surface area (Å²) >= 11 is 12.3. The van der Waals surface area contributed by atoms with Crippen LogP contribution in [-0.2, 0) is 24.3 Å². The number of hydrogen-bond acceptors (Lipinski definition) is 6. The molecule has 1 amide bonds. The van der Waals surface area contributed by atoms with Crippen LogP contribution in [0.5, 0.6) is 0 Å². The van der Waals surface area contributed by atoms with E-state index in [9.17, 15) is 9.59 Å². The van der Waals surface area contributed by atoms with Crippen LogP contribution in [0.4, 0.5) is 0 Å². The minimum atomic E-state index is -2.18. The zero-order valence-corrected chi connectivity index (χ0v) is 23.4. The van der Waals surface area contributed by atoms with Crippen molar-refractivity contribution in [3.63, 3.8) is 0 Å². The maximum absolute atomic E-state index is 13.2. The summed E-state index contributed by atoms with van der Waals surface area (Å²) in [6, 6.07) is 0. The number of esters is 1. The number of halogens is 2. The van der Waals surface area contributed by atoms with Gasteiger partial charge in [-0.3, -0.25) is 14.6 Å². The number of hydrogen-bond donors (Lipinski definition) is 1. The minimum Gasteiger partial charge on any atom is -0.459 e. The van der Waals surface area contributed by atoms with Gasteiger partial charge >= 0.3 is 5.97 Å². The lowest BCUT2D eigenvalue weighted by molar-refractivity contribution is -0.163. The molecule has 0 aliphatic carbocycles. The summed E-state index contributed by atoms with van der Waals surface area (Å²) in [5.74, 6) is -2.06. The van der Waals surface area contributed by atoms with Crippen LogP contribution in [0.1, 0.15) is 67.5 Å².